The maximum atomic E-state index is 13.7. The Morgan fingerprint density at radius 3 is 2.75 bits per heavy atom. The number of methoxy groups -OCH3 is 1. The number of aromatic nitrogens is 2. The van der Waals surface area contributed by atoms with E-state index in [1.54, 1.807) is 17.6 Å². The van der Waals surface area contributed by atoms with E-state index >= 15 is 0 Å². The topological polar surface area (TPSA) is 164 Å². The predicted octanol–water partition coefficient (Wildman–Crippen LogP) is 1.08. The number of amides is 1. The first-order valence-corrected chi connectivity index (χ1v) is 13.1. The normalized spacial score (nSPS) is 14.6. The molecule has 2 aromatic heterocycles. The maximum absolute atomic E-state index is 13.7. The van der Waals surface area contributed by atoms with Gasteiger partial charge in [0, 0.05) is 41.9 Å². The van der Waals surface area contributed by atoms with E-state index in [9.17, 15) is 19.5 Å². The Labute approximate surface area is 230 Å². The van der Waals surface area contributed by atoms with Crippen molar-refractivity contribution in [1.82, 2.24) is 14.9 Å². The summed E-state index contributed by atoms with van der Waals surface area (Å²) in [6, 6.07) is 5.39. The SMILES string of the molecule is CC[C@@](O)(C=O)c1cc2n(c(=O)c1COC)Cc1c-2nc2cc3c(cc2c1CCCOCNC(=O)CN)OCO3. The molecule has 5 rings (SSSR count). The highest BCUT2D eigenvalue weighted by Crippen LogP contribution is 2.42. The van der Waals surface area contributed by atoms with Crippen molar-refractivity contribution in [2.24, 2.45) is 5.73 Å². The number of nitrogens with two attached hydrogens (primary N) is 1. The van der Waals surface area contributed by atoms with Crippen LogP contribution in [0.4, 0.5) is 0 Å². The molecule has 1 amide bonds. The number of aliphatic hydroxyl groups is 1. The smallest absolute Gasteiger partial charge is 0.257 e. The van der Waals surface area contributed by atoms with E-state index in [0.29, 0.717) is 54.1 Å². The Hall–Kier alpha value is -3.84. The van der Waals surface area contributed by atoms with Crippen LogP contribution < -0.4 is 26.1 Å². The van der Waals surface area contributed by atoms with E-state index < -0.39 is 5.60 Å². The number of carbonyl (C=O) groups excluding carboxylic acids is 2. The van der Waals surface area contributed by atoms with Gasteiger partial charge in [-0.1, -0.05) is 6.92 Å². The van der Waals surface area contributed by atoms with Crippen molar-refractivity contribution in [3.05, 3.63) is 50.8 Å². The summed E-state index contributed by atoms with van der Waals surface area (Å²) in [7, 11) is 1.46. The zero-order chi connectivity index (χ0) is 28.4. The van der Waals surface area contributed by atoms with E-state index in [1.807, 2.05) is 12.1 Å². The maximum Gasteiger partial charge on any atom is 0.257 e. The average Bonchev–Trinajstić information content (AvgIpc) is 3.58. The molecule has 0 spiro atoms. The van der Waals surface area contributed by atoms with Gasteiger partial charge in [0.1, 0.15) is 12.3 Å². The number of aldehydes is 1. The molecule has 12 heteroatoms. The van der Waals surface area contributed by atoms with E-state index in [0.717, 1.165) is 16.5 Å². The molecule has 0 aliphatic carbocycles. The van der Waals surface area contributed by atoms with Crippen molar-refractivity contribution in [3.63, 3.8) is 0 Å². The van der Waals surface area contributed by atoms with E-state index in [4.69, 9.17) is 29.7 Å². The lowest BCUT2D eigenvalue weighted by Crippen LogP contribution is -2.34. The average molecular weight is 553 g/mol. The number of aryl methyl sites for hydroxylation is 1. The quantitative estimate of drug-likeness (QED) is 0.132. The van der Waals surface area contributed by atoms with Crippen molar-refractivity contribution >= 4 is 23.1 Å². The molecule has 1 atom stereocenters. The van der Waals surface area contributed by atoms with Gasteiger partial charge in [-0.25, -0.2) is 4.98 Å². The fraction of sp³-hybridized carbons (Fsp3) is 0.429. The molecule has 12 nitrogen and oxygen atoms in total. The summed E-state index contributed by atoms with van der Waals surface area (Å²) in [6.45, 7) is 2.35. The minimum Gasteiger partial charge on any atom is -0.454 e. The number of pyridine rings is 2. The van der Waals surface area contributed by atoms with Crippen LogP contribution >= 0.6 is 0 Å². The van der Waals surface area contributed by atoms with Crippen LogP contribution in [-0.2, 0) is 44.2 Å². The second-order valence-corrected chi connectivity index (χ2v) is 9.74. The van der Waals surface area contributed by atoms with Crippen molar-refractivity contribution < 1.29 is 33.6 Å². The summed E-state index contributed by atoms with van der Waals surface area (Å²) in [6.07, 6.45) is 1.78. The first-order chi connectivity index (χ1) is 19.3. The highest BCUT2D eigenvalue weighted by Gasteiger charge is 2.35. The lowest BCUT2D eigenvalue weighted by Gasteiger charge is -2.24. The highest BCUT2D eigenvalue weighted by atomic mass is 16.7. The molecule has 212 valence electrons. The van der Waals surface area contributed by atoms with Gasteiger partial charge >= 0.3 is 0 Å². The molecule has 0 saturated carbocycles. The van der Waals surface area contributed by atoms with Crippen molar-refractivity contribution in [3.8, 4) is 22.9 Å². The molecule has 2 aliphatic heterocycles. The van der Waals surface area contributed by atoms with Crippen LogP contribution in [0.5, 0.6) is 11.5 Å². The van der Waals surface area contributed by atoms with Crippen molar-refractivity contribution in [2.45, 2.75) is 44.9 Å². The van der Waals surface area contributed by atoms with Crippen LogP contribution in [0, 0.1) is 0 Å². The Kier molecular flexibility index (Phi) is 7.86. The zero-order valence-electron chi connectivity index (χ0n) is 22.5. The van der Waals surface area contributed by atoms with E-state index in [1.165, 1.54) is 7.11 Å². The molecule has 0 saturated heterocycles. The molecule has 4 N–H and O–H groups in total. The van der Waals surface area contributed by atoms with Gasteiger partial charge in [0.25, 0.3) is 5.56 Å². The molecule has 3 aromatic rings. The number of fused-ring (bicyclic) bond motifs is 5. The number of ether oxygens (including phenoxy) is 4. The third-order valence-corrected chi connectivity index (χ3v) is 7.42. The third-order valence-electron chi connectivity index (χ3n) is 7.42. The third kappa shape index (κ3) is 4.83. The van der Waals surface area contributed by atoms with Crippen LogP contribution in [-0.4, -0.2) is 60.6 Å². The molecular weight excluding hydrogens is 520 g/mol. The van der Waals surface area contributed by atoms with E-state index in [2.05, 4.69) is 5.32 Å². The number of nitrogens with one attached hydrogen (secondary N) is 1. The van der Waals surface area contributed by atoms with Crippen LogP contribution in [0.3, 0.4) is 0 Å². The monoisotopic (exact) mass is 552 g/mol. The summed E-state index contributed by atoms with van der Waals surface area (Å²) in [5.41, 5.74) is 7.20. The Morgan fingerprint density at radius 1 is 1.27 bits per heavy atom. The fourth-order valence-electron chi connectivity index (χ4n) is 5.26. The molecule has 4 heterocycles. The Balaban J connectivity index is 1.59. The number of hydrogen-bond acceptors (Lipinski definition) is 10. The van der Waals surface area contributed by atoms with Gasteiger partial charge in [0.15, 0.2) is 17.8 Å². The summed E-state index contributed by atoms with van der Waals surface area (Å²) in [5.74, 6) is 0.902. The van der Waals surface area contributed by atoms with Gasteiger partial charge < -0.3 is 39.7 Å². The van der Waals surface area contributed by atoms with Gasteiger partial charge in [0.2, 0.25) is 12.7 Å². The largest absolute Gasteiger partial charge is 0.454 e. The lowest BCUT2D eigenvalue weighted by atomic mass is 9.88. The Bertz CT molecular complexity index is 1540. The molecule has 0 bridgehead atoms. The number of nitrogens with zero attached hydrogens (tertiary/aromatic N) is 2. The number of hydrogen-bond donors (Lipinski definition) is 3. The van der Waals surface area contributed by atoms with Crippen molar-refractivity contribution in [1.29, 1.82) is 0 Å². The second-order valence-electron chi connectivity index (χ2n) is 9.74. The van der Waals surface area contributed by atoms with Crippen LogP contribution in [0.25, 0.3) is 22.3 Å². The highest BCUT2D eigenvalue weighted by molar-refractivity contribution is 5.91. The molecule has 1 aromatic carbocycles. The first-order valence-electron chi connectivity index (χ1n) is 13.1. The van der Waals surface area contributed by atoms with Gasteiger partial charge in [-0.05, 0) is 37.0 Å². The number of benzene rings is 1. The van der Waals surface area contributed by atoms with Crippen molar-refractivity contribution in [2.75, 3.05) is 33.8 Å². The van der Waals surface area contributed by atoms with E-state index in [-0.39, 0.29) is 62.2 Å². The molecular formula is C28H32N4O8. The lowest BCUT2D eigenvalue weighted by molar-refractivity contribution is -0.125. The predicted molar refractivity (Wildman–Crippen MR) is 144 cm³/mol. The Morgan fingerprint density at radius 2 is 2.05 bits per heavy atom. The van der Waals surface area contributed by atoms with Crippen LogP contribution in [0.2, 0.25) is 0 Å². The minimum atomic E-state index is -1.84. The van der Waals surface area contributed by atoms with Crippen LogP contribution in [0.15, 0.2) is 23.0 Å². The summed E-state index contributed by atoms with van der Waals surface area (Å²) >= 11 is 0. The molecule has 0 unspecified atom stereocenters. The number of rotatable bonds is 12. The standard InChI is InChI=1S/C28H32N4O8/c1-3-28(36,13-33)20-8-22-26-18(11-32(22)27(35)19(20)12-37-2)16(5-4-6-38-14-30-25(34)10-29)17-7-23-24(40-15-39-23)9-21(17)31-26/h7-9,13,36H,3-6,10-12,14-15,29H2,1-2H3,(H,30,34)/t28-/m1/s1. The summed E-state index contributed by atoms with van der Waals surface area (Å²) in [5, 5.41) is 14.6. The van der Waals surface area contributed by atoms with Gasteiger partial charge in [-0.15, -0.1) is 0 Å². The fourth-order valence-corrected chi connectivity index (χ4v) is 5.26. The van der Waals surface area contributed by atoms with Gasteiger partial charge in [-0.3, -0.25) is 14.4 Å². The van der Waals surface area contributed by atoms with Gasteiger partial charge in [0.05, 0.1) is 36.6 Å². The molecule has 0 radical (unpaired) electrons. The molecule has 40 heavy (non-hydrogen) atoms. The molecule has 2 aliphatic rings. The summed E-state index contributed by atoms with van der Waals surface area (Å²) in [4.78, 5) is 42.0. The zero-order valence-corrected chi connectivity index (χ0v) is 22.5. The summed E-state index contributed by atoms with van der Waals surface area (Å²) < 4.78 is 23.6. The molecule has 0 fully saturated rings. The second kappa shape index (κ2) is 11.3. The van der Waals surface area contributed by atoms with Gasteiger partial charge in [-0.2, -0.15) is 0 Å². The minimum absolute atomic E-state index is 0.0529. The van der Waals surface area contributed by atoms with Crippen LogP contribution in [0.1, 0.15) is 42.0 Å². The first kappa shape index (κ1) is 27.7. The number of carbonyl (C=O) groups is 2.